The van der Waals surface area contributed by atoms with Crippen LogP contribution in [0.4, 0.5) is 0 Å². The molecule has 8 N–H and O–H groups in total. The molecule has 0 aliphatic carbocycles. The third-order valence-electron chi connectivity index (χ3n) is 6.51. The number of amides is 3. The molecule has 1 aliphatic heterocycles. The largest absolute Gasteiger partial charge is 0.480 e. The van der Waals surface area contributed by atoms with Gasteiger partial charge in [0.15, 0.2) is 0 Å². The van der Waals surface area contributed by atoms with Gasteiger partial charge in [0.25, 0.3) is 0 Å². The zero-order chi connectivity index (χ0) is 26.0. The molecule has 0 radical (unpaired) electrons. The zero-order valence-corrected chi connectivity index (χ0v) is 20.5. The number of carboxylic acids is 1. The standard InChI is InChI=1S/C23H39N7O5/c1-3-14(2)19(23(34)35)29-21(32)18-8-6-10-30(18)22(33)17(11-15-12-26-13-27-15)28-20(31)16(25)7-4-5-9-24/h12-14,16-19H,3-11,24-25H2,1-2H3,(H,26,27)(H,28,31)(H,29,32)(H,34,35). The summed E-state index contributed by atoms with van der Waals surface area (Å²) < 4.78 is 0. The third kappa shape index (κ3) is 8.03. The lowest BCUT2D eigenvalue weighted by Gasteiger charge is -2.30. The second-order valence-electron chi connectivity index (χ2n) is 9.13. The monoisotopic (exact) mass is 493 g/mol. The Kier molecular flexibility index (Phi) is 11.1. The van der Waals surface area contributed by atoms with Crippen LogP contribution in [0.3, 0.4) is 0 Å². The zero-order valence-electron chi connectivity index (χ0n) is 20.5. The molecule has 35 heavy (non-hydrogen) atoms. The molecule has 0 bridgehead atoms. The van der Waals surface area contributed by atoms with Crippen molar-refractivity contribution in [2.45, 2.75) is 83.0 Å². The summed E-state index contributed by atoms with van der Waals surface area (Å²) in [5.41, 5.74) is 12.2. The smallest absolute Gasteiger partial charge is 0.326 e. The summed E-state index contributed by atoms with van der Waals surface area (Å²) in [6.45, 7) is 4.44. The van der Waals surface area contributed by atoms with Gasteiger partial charge in [0.05, 0.1) is 12.4 Å². The minimum atomic E-state index is -1.11. The van der Waals surface area contributed by atoms with Crippen molar-refractivity contribution in [3.63, 3.8) is 0 Å². The Hall–Kier alpha value is -2.99. The van der Waals surface area contributed by atoms with E-state index in [2.05, 4.69) is 20.6 Å². The Morgan fingerprint density at radius 2 is 2.03 bits per heavy atom. The summed E-state index contributed by atoms with van der Waals surface area (Å²) in [4.78, 5) is 59.3. The molecule has 0 saturated carbocycles. The van der Waals surface area contributed by atoms with E-state index in [1.165, 1.54) is 11.2 Å². The van der Waals surface area contributed by atoms with Crippen molar-refractivity contribution in [2.75, 3.05) is 13.1 Å². The van der Waals surface area contributed by atoms with Crippen LogP contribution in [0.2, 0.25) is 0 Å². The van der Waals surface area contributed by atoms with Crippen LogP contribution in [-0.2, 0) is 25.6 Å². The number of nitrogens with zero attached hydrogens (tertiary/aromatic N) is 2. The third-order valence-corrected chi connectivity index (χ3v) is 6.51. The highest BCUT2D eigenvalue weighted by atomic mass is 16.4. The van der Waals surface area contributed by atoms with Gasteiger partial charge in [0.2, 0.25) is 17.7 Å². The molecule has 12 heteroatoms. The van der Waals surface area contributed by atoms with Gasteiger partial charge in [-0.1, -0.05) is 26.7 Å². The fourth-order valence-electron chi connectivity index (χ4n) is 4.17. The summed E-state index contributed by atoms with van der Waals surface area (Å²) in [5, 5.41) is 14.9. The van der Waals surface area contributed by atoms with Gasteiger partial charge in [-0.15, -0.1) is 0 Å². The predicted molar refractivity (Wildman–Crippen MR) is 129 cm³/mol. The van der Waals surface area contributed by atoms with Crippen LogP contribution < -0.4 is 22.1 Å². The maximum atomic E-state index is 13.5. The van der Waals surface area contributed by atoms with E-state index in [0.29, 0.717) is 50.9 Å². The number of hydrogen-bond donors (Lipinski definition) is 6. The quantitative estimate of drug-likeness (QED) is 0.186. The van der Waals surface area contributed by atoms with Crippen molar-refractivity contribution in [3.8, 4) is 0 Å². The molecule has 1 fully saturated rings. The van der Waals surface area contributed by atoms with E-state index in [0.717, 1.165) is 6.42 Å². The molecule has 1 aromatic heterocycles. The summed E-state index contributed by atoms with van der Waals surface area (Å²) in [6.07, 6.45) is 6.64. The van der Waals surface area contributed by atoms with Gasteiger partial charge >= 0.3 is 5.97 Å². The molecule has 0 spiro atoms. The van der Waals surface area contributed by atoms with E-state index >= 15 is 0 Å². The summed E-state index contributed by atoms with van der Waals surface area (Å²) in [6, 6.07) is -3.60. The van der Waals surface area contributed by atoms with E-state index in [1.807, 2.05) is 6.92 Å². The highest BCUT2D eigenvalue weighted by Crippen LogP contribution is 2.21. The minimum Gasteiger partial charge on any atom is -0.480 e. The normalized spacial score (nSPS) is 19.0. The first-order valence-electron chi connectivity index (χ1n) is 12.3. The van der Waals surface area contributed by atoms with Gasteiger partial charge in [0, 0.05) is 24.9 Å². The van der Waals surface area contributed by atoms with E-state index < -0.39 is 47.9 Å². The molecule has 1 aliphatic rings. The number of H-pyrrole nitrogens is 1. The Labute approximate surface area is 205 Å². The molecule has 3 amide bonds. The molecule has 5 unspecified atom stereocenters. The van der Waals surface area contributed by atoms with E-state index in [-0.39, 0.29) is 12.3 Å². The van der Waals surface area contributed by atoms with Crippen molar-refractivity contribution in [1.29, 1.82) is 0 Å². The van der Waals surface area contributed by atoms with Crippen LogP contribution >= 0.6 is 0 Å². The molecule has 2 rings (SSSR count). The molecule has 2 heterocycles. The number of aliphatic carboxylic acids is 1. The number of imidazole rings is 1. The number of nitrogens with two attached hydrogens (primary N) is 2. The maximum absolute atomic E-state index is 13.5. The molecular formula is C23H39N7O5. The summed E-state index contributed by atoms with van der Waals surface area (Å²) in [5.74, 6) is -2.77. The molecule has 1 saturated heterocycles. The second-order valence-corrected chi connectivity index (χ2v) is 9.13. The summed E-state index contributed by atoms with van der Waals surface area (Å²) in [7, 11) is 0. The van der Waals surface area contributed by atoms with E-state index in [9.17, 15) is 24.3 Å². The highest BCUT2D eigenvalue weighted by Gasteiger charge is 2.39. The van der Waals surface area contributed by atoms with Crippen molar-refractivity contribution in [2.24, 2.45) is 17.4 Å². The van der Waals surface area contributed by atoms with Crippen LogP contribution in [0.15, 0.2) is 12.5 Å². The second kappa shape index (κ2) is 13.8. The van der Waals surface area contributed by atoms with Crippen LogP contribution in [0, 0.1) is 5.92 Å². The molecule has 196 valence electrons. The highest BCUT2D eigenvalue weighted by molar-refractivity contribution is 5.94. The van der Waals surface area contributed by atoms with Crippen LogP contribution in [-0.4, -0.2) is 80.9 Å². The number of carboxylic acid groups (broad SMARTS) is 1. The number of rotatable bonds is 14. The number of hydrogen-bond acceptors (Lipinski definition) is 7. The predicted octanol–water partition coefficient (Wildman–Crippen LogP) is -0.500. The van der Waals surface area contributed by atoms with Crippen molar-refractivity contribution >= 4 is 23.7 Å². The Morgan fingerprint density at radius 1 is 1.29 bits per heavy atom. The van der Waals surface area contributed by atoms with Gasteiger partial charge in [-0.2, -0.15) is 0 Å². The van der Waals surface area contributed by atoms with Crippen LogP contribution in [0.25, 0.3) is 0 Å². The average Bonchev–Trinajstić information content (AvgIpc) is 3.53. The molecule has 0 aromatic carbocycles. The number of carbonyl (C=O) groups excluding carboxylic acids is 3. The fraction of sp³-hybridized carbons (Fsp3) is 0.696. The average molecular weight is 494 g/mol. The van der Waals surface area contributed by atoms with Crippen molar-refractivity contribution in [3.05, 3.63) is 18.2 Å². The number of nitrogens with one attached hydrogen (secondary N) is 3. The molecule has 5 atom stereocenters. The number of carbonyl (C=O) groups is 4. The van der Waals surface area contributed by atoms with E-state index in [4.69, 9.17) is 11.5 Å². The van der Waals surface area contributed by atoms with Gasteiger partial charge in [-0.05, 0) is 38.1 Å². The van der Waals surface area contributed by atoms with Crippen LogP contribution in [0.1, 0.15) is 58.1 Å². The van der Waals surface area contributed by atoms with E-state index in [1.54, 1.807) is 13.1 Å². The number of unbranched alkanes of at least 4 members (excludes halogenated alkanes) is 1. The number of aromatic nitrogens is 2. The summed E-state index contributed by atoms with van der Waals surface area (Å²) >= 11 is 0. The van der Waals surface area contributed by atoms with Gasteiger partial charge in [0.1, 0.15) is 18.1 Å². The van der Waals surface area contributed by atoms with Crippen molar-refractivity contribution < 1.29 is 24.3 Å². The Morgan fingerprint density at radius 3 is 2.63 bits per heavy atom. The van der Waals surface area contributed by atoms with Gasteiger partial charge < -0.3 is 37.1 Å². The first-order chi connectivity index (χ1) is 16.7. The first-order valence-corrected chi connectivity index (χ1v) is 12.3. The lowest BCUT2D eigenvalue weighted by atomic mass is 9.98. The molecular weight excluding hydrogens is 454 g/mol. The van der Waals surface area contributed by atoms with Gasteiger partial charge in [-0.25, -0.2) is 9.78 Å². The fourth-order valence-corrected chi connectivity index (χ4v) is 4.17. The van der Waals surface area contributed by atoms with Gasteiger partial charge in [-0.3, -0.25) is 14.4 Å². The topological polar surface area (TPSA) is 197 Å². The minimum absolute atomic E-state index is 0.148. The van der Waals surface area contributed by atoms with Crippen molar-refractivity contribution in [1.82, 2.24) is 25.5 Å². The maximum Gasteiger partial charge on any atom is 0.326 e. The number of aromatic amines is 1. The lowest BCUT2D eigenvalue weighted by Crippen LogP contribution is -2.57. The first kappa shape index (κ1) is 28.2. The number of likely N-dealkylation sites (tertiary alicyclic amines) is 1. The Balaban J connectivity index is 2.15. The SMILES string of the molecule is CCC(C)C(NC(=O)C1CCCN1C(=O)C(Cc1cnc[nH]1)NC(=O)C(N)CCCCN)C(=O)O. The molecule has 12 nitrogen and oxygen atoms in total. The lowest BCUT2D eigenvalue weighted by molar-refractivity contribution is -0.146. The Bertz CT molecular complexity index is 847. The van der Waals surface area contributed by atoms with Crippen LogP contribution in [0.5, 0.6) is 0 Å². The molecule has 1 aromatic rings.